The number of aliphatic imine (C=N–C) groups is 2. The van der Waals surface area contributed by atoms with Gasteiger partial charge >= 0.3 is 0 Å². The van der Waals surface area contributed by atoms with Gasteiger partial charge in [-0.1, -0.05) is 0 Å². The van der Waals surface area contributed by atoms with E-state index >= 15 is 0 Å². The van der Waals surface area contributed by atoms with E-state index in [9.17, 15) is 4.79 Å². The molecule has 2 heterocycles. The van der Waals surface area contributed by atoms with Crippen LogP contribution in [-0.4, -0.2) is 18.3 Å². The number of carbonyl (C=O) groups is 1. The lowest BCUT2D eigenvalue weighted by Gasteiger charge is -2.13. The maximum Gasteiger partial charge on any atom is 0.257 e. The fourth-order valence-corrected chi connectivity index (χ4v) is 1.10. The maximum atomic E-state index is 11.1. The summed E-state index contributed by atoms with van der Waals surface area (Å²) >= 11 is 0. The van der Waals surface area contributed by atoms with Gasteiger partial charge in [0.15, 0.2) is 0 Å². The minimum atomic E-state index is -0.183. The molecule has 3 heteroatoms. The maximum absolute atomic E-state index is 11.1. The minimum Gasteiger partial charge on any atom is -0.272 e. The highest BCUT2D eigenvalue weighted by Gasteiger charge is 2.21. The van der Waals surface area contributed by atoms with E-state index in [4.69, 9.17) is 0 Å². The topological polar surface area (TPSA) is 41.8 Å². The second-order valence-electron chi connectivity index (χ2n) is 2.38. The van der Waals surface area contributed by atoms with Crippen molar-refractivity contribution in [2.45, 2.75) is 0 Å². The Morgan fingerprint density at radius 3 is 3.18 bits per heavy atom. The normalized spacial score (nSPS) is 26.7. The summed E-state index contributed by atoms with van der Waals surface area (Å²) in [6.07, 6.45) is 8.39. The van der Waals surface area contributed by atoms with Crippen molar-refractivity contribution in [1.29, 1.82) is 0 Å². The van der Waals surface area contributed by atoms with E-state index in [2.05, 4.69) is 9.98 Å². The SMILES string of the molecule is O=C1N=CC=C2C=NC=CC12. The van der Waals surface area contributed by atoms with Gasteiger partial charge in [0.05, 0.1) is 5.92 Å². The molecule has 2 aliphatic heterocycles. The third-order valence-electron chi connectivity index (χ3n) is 1.68. The summed E-state index contributed by atoms with van der Waals surface area (Å²) in [5.74, 6) is -0.289. The Balaban J connectivity index is 2.43. The van der Waals surface area contributed by atoms with Gasteiger partial charge in [0.2, 0.25) is 0 Å². The van der Waals surface area contributed by atoms with Gasteiger partial charge in [-0.2, -0.15) is 0 Å². The Bertz CT molecular complexity index is 310. The first kappa shape index (κ1) is 6.22. The average Bonchev–Trinajstić information content (AvgIpc) is 2.06. The predicted molar refractivity (Wildman–Crippen MR) is 42.7 cm³/mol. The number of carbonyl (C=O) groups excluding carboxylic acids is 1. The summed E-state index contributed by atoms with van der Waals surface area (Å²) < 4.78 is 0. The molecule has 0 aromatic rings. The van der Waals surface area contributed by atoms with Crippen molar-refractivity contribution < 1.29 is 4.79 Å². The number of dihydropyridines is 1. The summed E-state index contributed by atoms with van der Waals surface area (Å²) in [6, 6.07) is 0. The highest BCUT2D eigenvalue weighted by atomic mass is 16.1. The van der Waals surface area contributed by atoms with E-state index in [0.29, 0.717) is 0 Å². The number of nitrogens with zero attached hydrogens (tertiary/aromatic N) is 2. The van der Waals surface area contributed by atoms with Gasteiger partial charge in [0.25, 0.3) is 5.91 Å². The molecule has 1 unspecified atom stereocenters. The molecule has 1 atom stereocenters. The van der Waals surface area contributed by atoms with E-state index < -0.39 is 0 Å². The lowest BCUT2D eigenvalue weighted by molar-refractivity contribution is -0.119. The molecule has 0 spiro atoms. The van der Waals surface area contributed by atoms with Crippen molar-refractivity contribution in [2.24, 2.45) is 15.9 Å². The molecule has 3 nitrogen and oxygen atoms in total. The molecule has 0 N–H and O–H groups in total. The molecular formula is C8H6N2O. The van der Waals surface area contributed by atoms with E-state index in [1.54, 1.807) is 24.6 Å². The highest BCUT2D eigenvalue weighted by molar-refractivity contribution is 6.04. The van der Waals surface area contributed by atoms with E-state index in [-0.39, 0.29) is 11.8 Å². The Hall–Kier alpha value is -1.51. The zero-order valence-corrected chi connectivity index (χ0v) is 5.77. The van der Waals surface area contributed by atoms with Crippen molar-refractivity contribution in [3.63, 3.8) is 0 Å². The first-order valence-corrected chi connectivity index (χ1v) is 3.36. The molecular weight excluding hydrogens is 140 g/mol. The molecule has 0 aromatic heterocycles. The number of fused-ring (bicyclic) bond motifs is 1. The fraction of sp³-hybridized carbons (Fsp3) is 0.125. The predicted octanol–water partition coefficient (Wildman–Crippen LogP) is 0.738. The molecule has 0 saturated heterocycles. The average molecular weight is 146 g/mol. The molecule has 0 fully saturated rings. The third-order valence-corrected chi connectivity index (χ3v) is 1.68. The van der Waals surface area contributed by atoms with Gasteiger partial charge in [-0.25, -0.2) is 4.99 Å². The van der Waals surface area contributed by atoms with Crippen LogP contribution in [0.1, 0.15) is 0 Å². The van der Waals surface area contributed by atoms with Gasteiger partial charge in [0.1, 0.15) is 0 Å². The fourth-order valence-electron chi connectivity index (χ4n) is 1.10. The Morgan fingerprint density at radius 2 is 2.36 bits per heavy atom. The molecule has 0 aliphatic carbocycles. The first-order chi connectivity index (χ1) is 5.38. The van der Waals surface area contributed by atoms with Gasteiger partial charge < -0.3 is 0 Å². The Morgan fingerprint density at radius 1 is 1.45 bits per heavy atom. The van der Waals surface area contributed by atoms with Crippen molar-refractivity contribution in [1.82, 2.24) is 0 Å². The molecule has 54 valence electrons. The van der Waals surface area contributed by atoms with Crippen LogP contribution in [0, 0.1) is 5.92 Å². The summed E-state index contributed by atoms with van der Waals surface area (Å²) in [7, 11) is 0. The van der Waals surface area contributed by atoms with Crippen molar-refractivity contribution in [3.8, 4) is 0 Å². The van der Waals surface area contributed by atoms with Crippen LogP contribution in [-0.2, 0) is 4.79 Å². The summed E-state index contributed by atoms with van der Waals surface area (Å²) in [4.78, 5) is 18.6. The molecule has 0 saturated carbocycles. The number of hydrogen-bond donors (Lipinski definition) is 0. The van der Waals surface area contributed by atoms with Crippen LogP contribution in [0.15, 0.2) is 33.9 Å². The van der Waals surface area contributed by atoms with Gasteiger partial charge in [0, 0.05) is 18.6 Å². The highest BCUT2D eigenvalue weighted by Crippen LogP contribution is 2.18. The van der Waals surface area contributed by atoms with Crippen molar-refractivity contribution in [2.75, 3.05) is 0 Å². The first-order valence-electron chi connectivity index (χ1n) is 3.36. The Labute approximate surface area is 63.9 Å². The van der Waals surface area contributed by atoms with E-state index in [1.165, 1.54) is 6.21 Å². The van der Waals surface area contributed by atoms with E-state index in [0.717, 1.165) is 5.57 Å². The van der Waals surface area contributed by atoms with Crippen molar-refractivity contribution >= 4 is 18.3 Å². The second kappa shape index (κ2) is 2.27. The lowest BCUT2D eigenvalue weighted by Crippen LogP contribution is -2.18. The van der Waals surface area contributed by atoms with Gasteiger partial charge in [-0.15, -0.1) is 0 Å². The van der Waals surface area contributed by atoms with Crippen LogP contribution in [0.4, 0.5) is 0 Å². The molecule has 2 rings (SSSR count). The van der Waals surface area contributed by atoms with Gasteiger partial charge in [-0.3, -0.25) is 9.79 Å². The number of rotatable bonds is 0. The van der Waals surface area contributed by atoms with Gasteiger partial charge in [-0.05, 0) is 17.7 Å². The largest absolute Gasteiger partial charge is 0.272 e. The summed E-state index contributed by atoms with van der Waals surface area (Å²) in [5.41, 5.74) is 0.924. The molecule has 11 heavy (non-hydrogen) atoms. The van der Waals surface area contributed by atoms with E-state index in [1.807, 2.05) is 0 Å². The molecule has 0 radical (unpaired) electrons. The standard InChI is InChI=1S/C8H6N2O/c11-8-7-2-3-9-5-6(7)1-4-10-8/h1-5,7H. The number of hydrogen-bond acceptors (Lipinski definition) is 2. The van der Waals surface area contributed by atoms with Crippen LogP contribution in [0.5, 0.6) is 0 Å². The lowest BCUT2D eigenvalue weighted by atomic mass is 9.96. The molecule has 0 bridgehead atoms. The monoisotopic (exact) mass is 146 g/mol. The van der Waals surface area contributed by atoms with Crippen LogP contribution in [0.25, 0.3) is 0 Å². The third kappa shape index (κ3) is 0.941. The quantitative estimate of drug-likeness (QED) is 0.497. The molecule has 2 aliphatic rings. The minimum absolute atomic E-state index is 0.107. The smallest absolute Gasteiger partial charge is 0.257 e. The number of allylic oxidation sites excluding steroid dienone is 1. The zero-order chi connectivity index (χ0) is 7.68. The summed E-state index contributed by atoms with van der Waals surface area (Å²) in [5, 5.41) is 0. The number of amides is 1. The van der Waals surface area contributed by atoms with Crippen LogP contribution in [0.2, 0.25) is 0 Å². The summed E-state index contributed by atoms with van der Waals surface area (Å²) in [6.45, 7) is 0. The van der Waals surface area contributed by atoms with Crippen molar-refractivity contribution in [3.05, 3.63) is 23.9 Å². The Kier molecular flexibility index (Phi) is 1.28. The van der Waals surface area contributed by atoms with Crippen LogP contribution >= 0.6 is 0 Å². The molecule has 1 amide bonds. The van der Waals surface area contributed by atoms with Crippen LogP contribution < -0.4 is 0 Å². The second-order valence-corrected chi connectivity index (χ2v) is 2.38. The zero-order valence-electron chi connectivity index (χ0n) is 5.77. The molecule has 0 aromatic carbocycles. The van der Waals surface area contributed by atoms with Crippen LogP contribution in [0.3, 0.4) is 0 Å².